The predicted octanol–water partition coefficient (Wildman–Crippen LogP) is 3.95. The Bertz CT molecular complexity index is 1090. The van der Waals surface area contributed by atoms with Gasteiger partial charge in [-0.2, -0.15) is 5.26 Å². The van der Waals surface area contributed by atoms with E-state index in [0.29, 0.717) is 22.6 Å². The first-order valence-corrected chi connectivity index (χ1v) is 10.2. The third kappa shape index (κ3) is 4.21. The summed E-state index contributed by atoms with van der Waals surface area (Å²) in [6.45, 7) is -0.0523. The SMILES string of the molecule is COC(=O)C1=C(COc2ccc(C#N)cc2Cl)N(C2CC2)C(=O)NC1c1ccccc1. The molecule has 1 saturated carbocycles. The molecule has 1 N–H and O–H groups in total. The Kier molecular flexibility index (Phi) is 5.83. The molecule has 31 heavy (non-hydrogen) atoms. The number of rotatable bonds is 6. The number of halogens is 1. The summed E-state index contributed by atoms with van der Waals surface area (Å²) in [6, 6.07) is 15.0. The smallest absolute Gasteiger partial charge is 0.338 e. The van der Waals surface area contributed by atoms with Gasteiger partial charge in [0, 0.05) is 6.04 Å². The van der Waals surface area contributed by atoms with Crippen LogP contribution in [0, 0.1) is 11.3 Å². The number of urea groups is 1. The second-order valence-electron chi connectivity index (χ2n) is 7.29. The lowest BCUT2D eigenvalue weighted by atomic mass is 9.94. The zero-order valence-electron chi connectivity index (χ0n) is 16.8. The Hall–Kier alpha value is -3.50. The molecule has 2 amide bonds. The second kappa shape index (κ2) is 8.70. The molecule has 1 atom stereocenters. The van der Waals surface area contributed by atoms with E-state index in [1.165, 1.54) is 13.2 Å². The fraction of sp³-hybridized carbons (Fsp3) is 0.261. The predicted molar refractivity (Wildman–Crippen MR) is 113 cm³/mol. The van der Waals surface area contributed by atoms with Crippen molar-refractivity contribution in [2.24, 2.45) is 0 Å². The van der Waals surface area contributed by atoms with Crippen molar-refractivity contribution in [2.75, 3.05) is 13.7 Å². The van der Waals surface area contributed by atoms with Crippen LogP contribution in [0.15, 0.2) is 59.8 Å². The van der Waals surface area contributed by atoms with E-state index in [4.69, 9.17) is 26.3 Å². The highest BCUT2D eigenvalue weighted by Crippen LogP contribution is 2.38. The number of methoxy groups -OCH3 is 1. The molecule has 1 aliphatic carbocycles. The summed E-state index contributed by atoms with van der Waals surface area (Å²) in [5, 5.41) is 12.2. The number of benzene rings is 2. The van der Waals surface area contributed by atoms with Crippen molar-refractivity contribution in [1.82, 2.24) is 10.2 Å². The quantitative estimate of drug-likeness (QED) is 0.691. The summed E-state index contributed by atoms with van der Waals surface area (Å²) in [5.74, 6) is -0.181. The maximum atomic E-state index is 13.0. The number of carbonyl (C=O) groups excluding carboxylic acids is 2. The van der Waals surface area contributed by atoms with Gasteiger partial charge in [-0.05, 0) is 36.6 Å². The first kappa shape index (κ1) is 20.8. The lowest BCUT2D eigenvalue weighted by Gasteiger charge is -2.36. The summed E-state index contributed by atoms with van der Waals surface area (Å²) in [5.41, 5.74) is 1.95. The third-order valence-corrected chi connectivity index (χ3v) is 5.55. The van der Waals surface area contributed by atoms with Crippen LogP contribution in [-0.2, 0) is 9.53 Å². The highest BCUT2D eigenvalue weighted by Gasteiger charge is 2.44. The fourth-order valence-electron chi connectivity index (χ4n) is 3.63. The first-order valence-electron chi connectivity index (χ1n) is 9.82. The van der Waals surface area contributed by atoms with E-state index in [0.717, 1.165) is 18.4 Å². The minimum absolute atomic E-state index is 0.00594. The molecular formula is C23H20ClN3O4. The standard InChI is InChI=1S/C23H20ClN3O4/c1-30-22(28)20-18(13-31-19-10-7-14(12-25)11-17(19)24)27(16-8-9-16)23(29)26-21(20)15-5-3-2-4-6-15/h2-7,10-11,16,21H,8-9,13H2,1H3,(H,26,29). The first-order chi connectivity index (χ1) is 15.0. The Labute approximate surface area is 184 Å². The Balaban J connectivity index is 1.75. The molecule has 0 spiro atoms. The highest BCUT2D eigenvalue weighted by atomic mass is 35.5. The molecule has 2 aromatic carbocycles. The van der Waals surface area contributed by atoms with Gasteiger partial charge < -0.3 is 14.8 Å². The molecule has 1 heterocycles. The van der Waals surface area contributed by atoms with Gasteiger partial charge in [-0.15, -0.1) is 0 Å². The molecule has 7 nitrogen and oxygen atoms in total. The minimum atomic E-state index is -0.661. The van der Waals surface area contributed by atoms with Crippen LogP contribution in [0.4, 0.5) is 4.79 Å². The molecule has 158 valence electrons. The number of carbonyl (C=O) groups is 2. The van der Waals surface area contributed by atoms with Crippen molar-refractivity contribution in [3.63, 3.8) is 0 Å². The van der Waals surface area contributed by atoms with Gasteiger partial charge in [0.05, 0.1) is 41.1 Å². The fourth-order valence-corrected chi connectivity index (χ4v) is 3.86. The lowest BCUT2D eigenvalue weighted by Crippen LogP contribution is -2.50. The van der Waals surface area contributed by atoms with Crippen LogP contribution in [0.25, 0.3) is 0 Å². The number of ether oxygens (including phenoxy) is 2. The van der Waals surface area contributed by atoms with Crippen molar-refractivity contribution in [3.05, 3.63) is 76.0 Å². The van der Waals surface area contributed by atoms with E-state index in [1.807, 2.05) is 36.4 Å². The van der Waals surface area contributed by atoms with E-state index >= 15 is 0 Å². The Morgan fingerprint density at radius 3 is 2.61 bits per heavy atom. The maximum absolute atomic E-state index is 13.0. The van der Waals surface area contributed by atoms with Crippen molar-refractivity contribution < 1.29 is 19.1 Å². The van der Waals surface area contributed by atoms with Crippen molar-refractivity contribution in [1.29, 1.82) is 5.26 Å². The van der Waals surface area contributed by atoms with E-state index in [2.05, 4.69) is 5.32 Å². The number of nitriles is 1. The van der Waals surface area contributed by atoms with Crippen LogP contribution in [0.3, 0.4) is 0 Å². The Morgan fingerprint density at radius 1 is 1.26 bits per heavy atom. The van der Waals surface area contributed by atoms with Crippen LogP contribution >= 0.6 is 11.6 Å². The van der Waals surface area contributed by atoms with Gasteiger partial charge in [-0.25, -0.2) is 9.59 Å². The molecule has 4 rings (SSSR count). The number of hydrogen-bond donors (Lipinski definition) is 1. The van der Waals surface area contributed by atoms with Gasteiger partial charge >= 0.3 is 12.0 Å². The van der Waals surface area contributed by atoms with Gasteiger partial charge in [-0.3, -0.25) is 4.90 Å². The summed E-state index contributed by atoms with van der Waals surface area (Å²) in [6.07, 6.45) is 1.69. The molecule has 0 bridgehead atoms. The van der Waals surface area contributed by atoms with Gasteiger partial charge in [0.15, 0.2) is 0 Å². The normalized spacial score (nSPS) is 18.3. The summed E-state index contributed by atoms with van der Waals surface area (Å²) >= 11 is 6.24. The molecule has 2 aliphatic rings. The second-order valence-corrected chi connectivity index (χ2v) is 7.70. The monoisotopic (exact) mass is 437 g/mol. The molecule has 0 saturated heterocycles. The number of hydrogen-bond acceptors (Lipinski definition) is 5. The number of nitrogens with one attached hydrogen (secondary N) is 1. The van der Waals surface area contributed by atoms with E-state index in [-0.39, 0.29) is 23.7 Å². The van der Waals surface area contributed by atoms with Gasteiger partial charge in [0.2, 0.25) is 0 Å². The minimum Gasteiger partial charge on any atom is -0.486 e. The van der Waals surface area contributed by atoms with E-state index in [9.17, 15) is 9.59 Å². The summed E-state index contributed by atoms with van der Waals surface area (Å²) in [7, 11) is 1.31. The van der Waals surface area contributed by atoms with Crippen LogP contribution in [0.2, 0.25) is 5.02 Å². The molecule has 0 radical (unpaired) electrons. The van der Waals surface area contributed by atoms with Crippen molar-refractivity contribution >= 4 is 23.6 Å². The van der Waals surface area contributed by atoms with E-state index < -0.39 is 12.0 Å². The molecule has 1 unspecified atom stereocenters. The average Bonchev–Trinajstić information content (AvgIpc) is 3.62. The zero-order valence-corrected chi connectivity index (χ0v) is 17.6. The number of amides is 2. The van der Waals surface area contributed by atoms with Gasteiger partial charge in [0.1, 0.15) is 12.4 Å². The highest BCUT2D eigenvalue weighted by molar-refractivity contribution is 6.32. The zero-order chi connectivity index (χ0) is 22.0. The average molecular weight is 438 g/mol. The van der Waals surface area contributed by atoms with Crippen molar-refractivity contribution in [2.45, 2.75) is 24.9 Å². The summed E-state index contributed by atoms with van der Waals surface area (Å²) < 4.78 is 11.0. The third-order valence-electron chi connectivity index (χ3n) is 5.25. The molecule has 1 fully saturated rings. The maximum Gasteiger partial charge on any atom is 0.338 e. The molecule has 1 aliphatic heterocycles. The number of nitrogens with zero attached hydrogens (tertiary/aromatic N) is 2. The van der Waals surface area contributed by atoms with Crippen molar-refractivity contribution in [3.8, 4) is 11.8 Å². The number of esters is 1. The largest absolute Gasteiger partial charge is 0.486 e. The molecule has 8 heteroatoms. The lowest BCUT2D eigenvalue weighted by molar-refractivity contribution is -0.136. The molecule has 0 aromatic heterocycles. The van der Waals surface area contributed by atoms with E-state index in [1.54, 1.807) is 17.0 Å². The van der Waals surface area contributed by atoms with Gasteiger partial charge in [-0.1, -0.05) is 41.9 Å². The molecule has 2 aromatic rings. The van der Waals surface area contributed by atoms with Crippen LogP contribution in [0.5, 0.6) is 5.75 Å². The van der Waals surface area contributed by atoms with Crippen LogP contribution < -0.4 is 10.1 Å². The summed E-state index contributed by atoms with van der Waals surface area (Å²) in [4.78, 5) is 27.4. The molecular weight excluding hydrogens is 418 g/mol. The van der Waals surface area contributed by atoms with Crippen LogP contribution in [0.1, 0.15) is 30.0 Å². The Morgan fingerprint density at radius 2 is 2.00 bits per heavy atom. The topological polar surface area (TPSA) is 91.7 Å². The van der Waals surface area contributed by atoms with Gasteiger partial charge in [0.25, 0.3) is 0 Å². The van der Waals surface area contributed by atoms with Crippen LogP contribution in [-0.4, -0.2) is 36.7 Å².